The van der Waals surface area contributed by atoms with Crippen molar-refractivity contribution in [1.29, 1.82) is 0 Å². The lowest BCUT2D eigenvalue weighted by Crippen LogP contribution is -2.61. The van der Waals surface area contributed by atoms with Crippen LogP contribution in [0.3, 0.4) is 0 Å². The molecule has 0 bridgehead atoms. The molecule has 2 aromatic carbocycles. The van der Waals surface area contributed by atoms with E-state index in [0.29, 0.717) is 29.0 Å². The van der Waals surface area contributed by atoms with Gasteiger partial charge in [0.15, 0.2) is 0 Å². The molecule has 1 N–H and O–H groups in total. The van der Waals surface area contributed by atoms with Crippen molar-refractivity contribution < 1.29 is 18.3 Å². The fourth-order valence-corrected chi connectivity index (χ4v) is 5.65. The average Bonchev–Trinajstić information content (AvgIpc) is 3.51. The third kappa shape index (κ3) is 6.78. The predicted octanol–water partition coefficient (Wildman–Crippen LogP) is 4.92. The molecule has 14 heteroatoms. The summed E-state index contributed by atoms with van der Waals surface area (Å²) >= 11 is 6.40. The van der Waals surface area contributed by atoms with Gasteiger partial charge in [0, 0.05) is 48.8 Å². The first kappa shape index (κ1) is 29.0. The molecule has 0 radical (unpaired) electrons. The van der Waals surface area contributed by atoms with E-state index in [0.717, 1.165) is 48.4 Å². The van der Waals surface area contributed by atoms with Crippen LogP contribution in [0.5, 0.6) is 11.5 Å². The molecule has 226 valence electrons. The van der Waals surface area contributed by atoms with Gasteiger partial charge in [-0.2, -0.15) is 0 Å². The summed E-state index contributed by atoms with van der Waals surface area (Å²) in [7, 11) is 1.62. The lowest BCUT2D eigenvalue weighted by molar-refractivity contribution is -0.148. The molecule has 4 aromatic rings. The smallest absolute Gasteiger partial charge is 0.272 e. The van der Waals surface area contributed by atoms with Crippen LogP contribution in [0.1, 0.15) is 19.8 Å². The molecule has 2 aliphatic heterocycles. The van der Waals surface area contributed by atoms with E-state index in [2.05, 4.69) is 35.7 Å². The molecule has 6 rings (SSSR count). The van der Waals surface area contributed by atoms with E-state index in [1.807, 2.05) is 42.2 Å². The first-order chi connectivity index (χ1) is 20.8. The van der Waals surface area contributed by atoms with Crippen molar-refractivity contribution >= 4 is 28.9 Å². The zero-order chi connectivity index (χ0) is 30.0. The van der Waals surface area contributed by atoms with E-state index >= 15 is 0 Å². The van der Waals surface area contributed by atoms with Crippen LogP contribution < -0.4 is 19.7 Å². The number of rotatable bonds is 10. The Morgan fingerprint density at radius 1 is 1.05 bits per heavy atom. The summed E-state index contributed by atoms with van der Waals surface area (Å²) < 4.78 is 39.9. The average molecular weight is 612 g/mol. The zero-order valence-corrected chi connectivity index (χ0v) is 24.6. The highest BCUT2D eigenvalue weighted by molar-refractivity contribution is 6.32. The van der Waals surface area contributed by atoms with Gasteiger partial charge in [-0.05, 0) is 60.0 Å². The Kier molecular flexibility index (Phi) is 8.26. The molecule has 0 saturated carbocycles. The van der Waals surface area contributed by atoms with Gasteiger partial charge in [0.05, 0.1) is 37.5 Å². The Labute approximate surface area is 252 Å². The summed E-state index contributed by atoms with van der Waals surface area (Å²) in [5, 5.41) is 14.9. The van der Waals surface area contributed by atoms with Gasteiger partial charge in [0.1, 0.15) is 23.9 Å². The van der Waals surface area contributed by atoms with E-state index in [9.17, 15) is 8.78 Å². The molecule has 4 heterocycles. The van der Waals surface area contributed by atoms with Gasteiger partial charge in [0.25, 0.3) is 5.92 Å². The molecule has 1 unspecified atom stereocenters. The second-order valence-corrected chi connectivity index (χ2v) is 11.3. The van der Waals surface area contributed by atoms with E-state index in [1.165, 1.54) is 6.33 Å². The van der Waals surface area contributed by atoms with Crippen molar-refractivity contribution in [2.75, 3.05) is 43.5 Å². The summed E-state index contributed by atoms with van der Waals surface area (Å²) in [6, 6.07) is 11.7. The van der Waals surface area contributed by atoms with Crippen molar-refractivity contribution in [1.82, 2.24) is 35.1 Å². The SMILES string of the molecule is COc1cc(N2CCC(N3CC(F)(F)C3)CC2)ccc1Nc1ncc(-c2ccc(Cl)c(OC(C)Cn3cnnn3)c2)cn1. The van der Waals surface area contributed by atoms with Crippen LogP contribution >= 0.6 is 11.6 Å². The summed E-state index contributed by atoms with van der Waals surface area (Å²) in [6.45, 7) is 3.77. The lowest BCUT2D eigenvalue weighted by atomic mass is 9.97. The van der Waals surface area contributed by atoms with Gasteiger partial charge >= 0.3 is 0 Å². The van der Waals surface area contributed by atoms with Crippen molar-refractivity contribution in [2.45, 2.75) is 44.4 Å². The molecule has 2 aliphatic rings. The Hall–Kier alpha value is -4.10. The maximum absolute atomic E-state index is 13.3. The molecule has 0 aliphatic carbocycles. The van der Waals surface area contributed by atoms with Crippen LogP contribution in [-0.2, 0) is 6.54 Å². The summed E-state index contributed by atoms with van der Waals surface area (Å²) in [5.74, 6) is -0.909. The number of aromatic nitrogens is 6. The molecule has 0 amide bonds. The number of hydrogen-bond donors (Lipinski definition) is 1. The highest BCUT2D eigenvalue weighted by Crippen LogP contribution is 2.36. The summed E-state index contributed by atoms with van der Waals surface area (Å²) in [4.78, 5) is 13.2. The second kappa shape index (κ2) is 12.3. The molecule has 2 fully saturated rings. The number of halogens is 3. The molecular formula is C29H32ClF2N9O2. The number of anilines is 3. The van der Waals surface area contributed by atoms with Crippen LogP contribution in [0.4, 0.5) is 26.1 Å². The Morgan fingerprint density at radius 2 is 1.81 bits per heavy atom. The lowest BCUT2D eigenvalue weighted by Gasteiger charge is -2.47. The minimum absolute atomic E-state index is 0.118. The maximum Gasteiger partial charge on any atom is 0.272 e. The standard InChI is InChI=1S/C29H32ClF2N9O2/c1-19(15-41-18-35-37-38-41)43-26-11-20(3-5-24(26)30)21-13-33-28(34-14-21)36-25-6-4-23(12-27(25)42-2)39-9-7-22(8-10-39)40-16-29(31,32)17-40/h3-6,11-14,18-19,22H,7-10,15-17H2,1-2H3,(H,33,34,36). The van der Waals surface area contributed by atoms with E-state index in [-0.39, 0.29) is 25.2 Å². The van der Waals surface area contributed by atoms with E-state index in [1.54, 1.807) is 30.3 Å². The van der Waals surface area contributed by atoms with Gasteiger partial charge in [-0.15, -0.1) is 5.10 Å². The Bertz CT molecular complexity index is 1530. The van der Waals surface area contributed by atoms with Crippen molar-refractivity contribution in [3.05, 3.63) is 60.1 Å². The maximum atomic E-state index is 13.3. The molecule has 2 saturated heterocycles. The number of nitrogens with one attached hydrogen (secondary N) is 1. The molecular weight excluding hydrogens is 580 g/mol. The number of methoxy groups -OCH3 is 1. The molecule has 1 atom stereocenters. The third-order valence-electron chi connectivity index (χ3n) is 7.73. The number of benzene rings is 2. The summed E-state index contributed by atoms with van der Waals surface area (Å²) in [5.41, 5.74) is 3.41. The topological polar surface area (TPSA) is 106 Å². The number of piperidine rings is 1. The first-order valence-electron chi connectivity index (χ1n) is 14.1. The van der Waals surface area contributed by atoms with Crippen LogP contribution in [0.2, 0.25) is 5.02 Å². The minimum atomic E-state index is -2.53. The highest BCUT2D eigenvalue weighted by Gasteiger charge is 2.46. The van der Waals surface area contributed by atoms with Crippen LogP contribution in [-0.4, -0.2) is 86.4 Å². The number of alkyl halides is 2. The quantitative estimate of drug-likeness (QED) is 0.265. The third-order valence-corrected chi connectivity index (χ3v) is 8.04. The normalized spacial score (nSPS) is 17.7. The van der Waals surface area contributed by atoms with Crippen molar-refractivity contribution in [3.63, 3.8) is 0 Å². The van der Waals surface area contributed by atoms with Crippen LogP contribution in [0.25, 0.3) is 11.1 Å². The molecule has 2 aromatic heterocycles. The fourth-order valence-electron chi connectivity index (χ4n) is 5.49. The van der Waals surface area contributed by atoms with Gasteiger partial charge in [-0.1, -0.05) is 17.7 Å². The van der Waals surface area contributed by atoms with Crippen molar-refractivity contribution in [2.24, 2.45) is 0 Å². The Morgan fingerprint density at radius 3 is 2.49 bits per heavy atom. The van der Waals surface area contributed by atoms with E-state index < -0.39 is 5.92 Å². The number of ether oxygens (including phenoxy) is 2. The second-order valence-electron chi connectivity index (χ2n) is 10.9. The number of tetrazole rings is 1. The summed E-state index contributed by atoms with van der Waals surface area (Å²) in [6.07, 6.45) is 6.49. The van der Waals surface area contributed by atoms with Crippen molar-refractivity contribution in [3.8, 4) is 22.6 Å². The molecule has 43 heavy (non-hydrogen) atoms. The largest absolute Gasteiger partial charge is 0.494 e. The minimum Gasteiger partial charge on any atom is -0.494 e. The first-order valence-corrected chi connectivity index (χ1v) is 14.5. The number of likely N-dealkylation sites (tertiary alicyclic amines) is 1. The number of nitrogens with zero attached hydrogens (tertiary/aromatic N) is 8. The fraction of sp³-hybridized carbons (Fsp3) is 0.414. The molecule has 0 spiro atoms. The van der Waals surface area contributed by atoms with Gasteiger partial charge in [0.2, 0.25) is 5.95 Å². The highest BCUT2D eigenvalue weighted by atomic mass is 35.5. The van der Waals surface area contributed by atoms with Gasteiger partial charge in [-0.25, -0.2) is 23.4 Å². The van der Waals surface area contributed by atoms with Gasteiger partial charge < -0.3 is 19.7 Å². The van der Waals surface area contributed by atoms with Crippen LogP contribution in [0, 0.1) is 0 Å². The number of hydrogen-bond acceptors (Lipinski definition) is 10. The van der Waals surface area contributed by atoms with Gasteiger partial charge in [-0.3, -0.25) is 4.90 Å². The van der Waals surface area contributed by atoms with Crippen LogP contribution in [0.15, 0.2) is 55.1 Å². The van der Waals surface area contributed by atoms with E-state index in [4.69, 9.17) is 21.1 Å². The predicted molar refractivity (Wildman–Crippen MR) is 158 cm³/mol. The molecule has 11 nitrogen and oxygen atoms in total. The Balaban J connectivity index is 1.08. The zero-order valence-electron chi connectivity index (χ0n) is 23.8. The monoisotopic (exact) mass is 611 g/mol.